The third-order valence-corrected chi connectivity index (χ3v) is 6.05. The highest BCUT2D eigenvalue weighted by molar-refractivity contribution is 5.97. The molecule has 0 N–H and O–H groups in total. The number of anilines is 1. The van der Waals surface area contributed by atoms with Gasteiger partial charge in [0.25, 0.3) is 5.91 Å². The summed E-state index contributed by atoms with van der Waals surface area (Å²) in [5, 5.41) is 4.56. The summed E-state index contributed by atoms with van der Waals surface area (Å²) in [6.45, 7) is 10.6. The van der Waals surface area contributed by atoms with Crippen LogP contribution in [0.5, 0.6) is 0 Å². The van der Waals surface area contributed by atoms with E-state index in [-0.39, 0.29) is 11.5 Å². The minimum atomic E-state index is -0.393. The van der Waals surface area contributed by atoms with Crippen LogP contribution in [0.25, 0.3) is 0 Å². The van der Waals surface area contributed by atoms with E-state index in [9.17, 15) is 4.79 Å². The average Bonchev–Trinajstić information content (AvgIpc) is 3.02. The number of nitrogens with zero attached hydrogens (tertiary/aromatic N) is 4. The number of benzene rings is 1. The Morgan fingerprint density at radius 3 is 2.50 bits per heavy atom. The first-order valence-corrected chi connectivity index (χ1v) is 10.2. The summed E-state index contributed by atoms with van der Waals surface area (Å²) in [5.74, 6) is 0.0591. The number of carbonyl (C=O) groups excluding carboxylic acids is 1. The summed E-state index contributed by atoms with van der Waals surface area (Å²) < 4.78 is 8.37. The fourth-order valence-corrected chi connectivity index (χ4v) is 4.47. The zero-order valence-electron chi connectivity index (χ0n) is 17.1. The number of piperidine rings is 1. The summed E-state index contributed by atoms with van der Waals surface area (Å²) in [7, 11) is 0. The SMILES string of the molecule is Cc1cc(C)n(CCN2CCC3(CC2)CN(c2ccccc2)C(=O)C(C)O3)n1. The van der Waals surface area contributed by atoms with E-state index < -0.39 is 6.10 Å². The van der Waals surface area contributed by atoms with Crippen LogP contribution in [0.4, 0.5) is 5.69 Å². The minimum absolute atomic E-state index is 0.0591. The quantitative estimate of drug-likeness (QED) is 0.816. The van der Waals surface area contributed by atoms with Crippen molar-refractivity contribution in [3.8, 4) is 0 Å². The first-order chi connectivity index (χ1) is 13.5. The molecular weight excluding hydrogens is 352 g/mol. The molecule has 0 aliphatic carbocycles. The highest BCUT2D eigenvalue weighted by Gasteiger charge is 2.45. The molecule has 1 unspecified atom stereocenters. The van der Waals surface area contributed by atoms with Crippen LogP contribution >= 0.6 is 0 Å². The van der Waals surface area contributed by atoms with Crippen molar-refractivity contribution in [3.05, 3.63) is 47.8 Å². The molecule has 0 saturated carbocycles. The molecule has 0 bridgehead atoms. The zero-order valence-corrected chi connectivity index (χ0v) is 17.1. The third-order valence-electron chi connectivity index (χ3n) is 6.05. The van der Waals surface area contributed by atoms with Gasteiger partial charge in [0.2, 0.25) is 0 Å². The summed E-state index contributed by atoms with van der Waals surface area (Å²) in [4.78, 5) is 17.1. The number of likely N-dealkylation sites (tertiary alicyclic amines) is 1. The number of morpholine rings is 1. The van der Waals surface area contributed by atoms with Gasteiger partial charge in [0.1, 0.15) is 6.10 Å². The van der Waals surface area contributed by atoms with Crippen LogP contribution < -0.4 is 4.90 Å². The van der Waals surface area contributed by atoms with Crippen LogP contribution in [0.15, 0.2) is 36.4 Å². The van der Waals surface area contributed by atoms with Gasteiger partial charge >= 0.3 is 0 Å². The number of para-hydroxylation sites is 1. The maximum atomic E-state index is 12.7. The molecule has 28 heavy (non-hydrogen) atoms. The molecular formula is C22H30N4O2. The second kappa shape index (κ2) is 7.68. The van der Waals surface area contributed by atoms with Crippen molar-refractivity contribution in [1.29, 1.82) is 0 Å². The number of aromatic nitrogens is 2. The number of amides is 1. The summed E-state index contributed by atoms with van der Waals surface area (Å²) in [6, 6.07) is 12.1. The monoisotopic (exact) mass is 382 g/mol. The Kier molecular flexibility index (Phi) is 5.25. The van der Waals surface area contributed by atoms with Gasteiger partial charge in [0.05, 0.1) is 24.4 Å². The smallest absolute Gasteiger partial charge is 0.255 e. The average molecular weight is 383 g/mol. The molecule has 3 heterocycles. The largest absolute Gasteiger partial charge is 0.360 e. The van der Waals surface area contributed by atoms with Crippen molar-refractivity contribution in [1.82, 2.24) is 14.7 Å². The van der Waals surface area contributed by atoms with E-state index in [0.29, 0.717) is 6.54 Å². The molecule has 1 amide bonds. The third kappa shape index (κ3) is 3.84. The maximum absolute atomic E-state index is 12.7. The van der Waals surface area contributed by atoms with Gasteiger partial charge in [-0.25, -0.2) is 0 Å². The van der Waals surface area contributed by atoms with Gasteiger partial charge in [-0.15, -0.1) is 0 Å². The molecule has 1 aromatic carbocycles. The van der Waals surface area contributed by atoms with Gasteiger partial charge < -0.3 is 14.5 Å². The molecule has 2 aromatic rings. The second-order valence-electron chi connectivity index (χ2n) is 8.19. The van der Waals surface area contributed by atoms with E-state index in [1.54, 1.807) is 0 Å². The predicted octanol–water partition coefficient (Wildman–Crippen LogP) is 2.79. The summed E-state index contributed by atoms with van der Waals surface area (Å²) >= 11 is 0. The van der Waals surface area contributed by atoms with Crippen molar-refractivity contribution in [2.45, 2.75) is 51.9 Å². The first-order valence-electron chi connectivity index (χ1n) is 10.2. The van der Waals surface area contributed by atoms with Crippen molar-refractivity contribution in [2.24, 2.45) is 0 Å². The molecule has 2 aliphatic heterocycles. The van der Waals surface area contributed by atoms with Crippen LogP contribution in [-0.4, -0.2) is 58.5 Å². The van der Waals surface area contributed by atoms with Gasteiger partial charge in [-0.1, -0.05) is 18.2 Å². The van der Waals surface area contributed by atoms with E-state index in [1.807, 2.05) is 49.1 Å². The van der Waals surface area contributed by atoms with E-state index in [1.165, 1.54) is 5.69 Å². The van der Waals surface area contributed by atoms with Crippen LogP contribution in [0, 0.1) is 13.8 Å². The first kappa shape index (κ1) is 19.2. The van der Waals surface area contributed by atoms with Crippen molar-refractivity contribution in [3.63, 3.8) is 0 Å². The number of rotatable bonds is 4. The summed E-state index contributed by atoms with van der Waals surface area (Å²) in [6.07, 6.45) is 1.51. The number of carbonyl (C=O) groups is 1. The Labute approximate surface area is 167 Å². The molecule has 6 nitrogen and oxygen atoms in total. The lowest BCUT2D eigenvalue weighted by atomic mass is 9.88. The molecule has 2 fully saturated rings. The number of aryl methyl sites for hydroxylation is 2. The molecule has 0 radical (unpaired) electrons. The van der Waals surface area contributed by atoms with E-state index in [2.05, 4.69) is 27.7 Å². The Morgan fingerprint density at radius 1 is 1.14 bits per heavy atom. The van der Waals surface area contributed by atoms with Gasteiger partial charge in [0, 0.05) is 31.0 Å². The number of hydrogen-bond acceptors (Lipinski definition) is 4. The van der Waals surface area contributed by atoms with Crippen molar-refractivity contribution < 1.29 is 9.53 Å². The highest BCUT2D eigenvalue weighted by Crippen LogP contribution is 2.34. The van der Waals surface area contributed by atoms with Crippen LogP contribution in [-0.2, 0) is 16.1 Å². The van der Waals surface area contributed by atoms with Crippen LogP contribution in [0.3, 0.4) is 0 Å². The van der Waals surface area contributed by atoms with Gasteiger partial charge in [0.15, 0.2) is 0 Å². The van der Waals surface area contributed by atoms with Crippen molar-refractivity contribution in [2.75, 3.05) is 31.1 Å². The normalized spacial score (nSPS) is 22.8. The standard InChI is InChI=1S/C22H30N4O2/c1-17-15-18(2)26(23-17)14-13-24-11-9-22(10-12-24)16-25(21(27)19(3)28-22)20-7-5-4-6-8-20/h4-8,15,19H,9-14,16H2,1-3H3. The Bertz CT molecular complexity index is 824. The fourth-order valence-electron chi connectivity index (χ4n) is 4.47. The molecule has 150 valence electrons. The van der Waals surface area contributed by atoms with E-state index in [4.69, 9.17) is 4.74 Å². The maximum Gasteiger partial charge on any atom is 0.255 e. The van der Waals surface area contributed by atoms with Crippen LogP contribution in [0.1, 0.15) is 31.2 Å². The molecule has 1 aromatic heterocycles. The number of ether oxygens (including phenoxy) is 1. The molecule has 1 atom stereocenters. The second-order valence-corrected chi connectivity index (χ2v) is 8.19. The Hall–Kier alpha value is -2.18. The topological polar surface area (TPSA) is 50.6 Å². The lowest BCUT2D eigenvalue weighted by Gasteiger charge is -2.49. The Balaban J connectivity index is 1.38. The van der Waals surface area contributed by atoms with Gasteiger partial charge in [-0.2, -0.15) is 5.10 Å². The molecule has 2 saturated heterocycles. The minimum Gasteiger partial charge on any atom is -0.360 e. The summed E-state index contributed by atoms with van der Waals surface area (Å²) in [5.41, 5.74) is 3.02. The van der Waals surface area contributed by atoms with Crippen molar-refractivity contribution >= 4 is 11.6 Å². The lowest BCUT2D eigenvalue weighted by Crippen LogP contribution is -2.61. The molecule has 4 rings (SSSR count). The fraction of sp³-hybridized carbons (Fsp3) is 0.545. The van der Waals surface area contributed by atoms with Gasteiger partial charge in [-0.05, 0) is 51.8 Å². The molecule has 1 spiro atoms. The number of hydrogen-bond donors (Lipinski definition) is 0. The highest BCUT2D eigenvalue weighted by atomic mass is 16.5. The predicted molar refractivity (Wildman–Crippen MR) is 109 cm³/mol. The molecule has 2 aliphatic rings. The van der Waals surface area contributed by atoms with E-state index >= 15 is 0 Å². The lowest BCUT2D eigenvalue weighted by molar-refractivity contribution is -0.161. The van der Waals surface area contributed by atoms with Gasteiger partial charge in [-0.3, -0.25) is 9.48 Å². The molecule has 6 heteroatoms. The van der Waals surface area contributed by atoms with Crippen LogP contribution in [0.2, 0.25) is 0 Å². The Morgan fingerprint density at radius 2 is 1.86 bits per heavy atom. The zero-order chi connectivity index (χ0) is 19.7. The van der Waals surface area contributed by atoms with E-state index in [0.717, 1.165) is 50.4 Å².